The van der Waals surface area contributed by atoms with E-state index in [-0.39, 0.29) is 0 Å². The maximum absolute atomic E-state index is 5.65. The fourth-order valence-corrected chi connectivity index (χ4v) is 1.74. The Morgan fingerprint density at radius 3 is 3.23 bits per heavy atom. The molecule has 0 radical (unpaired) electrons. The average molecular weight is 174 g/mol. The predicted molar refractivity (Wildman–Crippen MR) is 54.0 cm³/mol. The fraction of sp³-hybridized carbons (Fsp3) is 0.364. The van der Waals surface area contributed by atoms with Crippen molar-refractivity contribution in [1.82, 2.24) is 4.98 Å². The summed E-state index contributed by atoms with van der Waals surface area (Å²) in [5.41, 5.74) is 9.28. The molecular weight excluding hydrogens is 160 g/mol. The van der Waals surface area contributed by atoms with Gasteiger partial charge in [0, 0.05) is 24.0 Å². The zero-order valence-electron chi connectivity index (χ0n) is 7.83. The molecule has 13 heavy (non-hydrogen) atoms. The Bertz CT molecular complexity index is 342. The maximum Gasteiger partial charge on any atom is 0.0484 e. The van der Waals surface area contributed by atoms with Crippen LogP contribution in [0.1, 0.15) is 23.7 Å². The van der Waals surface area contributed by atoms with Crippen molar-refractivity contribution in [1.29, 1.82) is 0 Å². The van der Waals surface area contributed by atoms with E-state index in [0.29, 0.717) is 12.5 Å². The second-order valence-corrected chi connectivity index (χ2v) is 3.58. The summed E-state index contributed by atoms with van der Waals surface area (Å²) in [5, 5.41) is 0. The van der Waals surface area contributed by atoms with Crippen molar-refractivity contribution in [2.75, 3.05) is 0 Å². The molecule has 0 fully saturated rings. The maximum atomic E-state index is 5.65. The van der Waals surface area contributed by atoms with Crippen LogP contribution in [0.5, 0.6) is 0 Å². The molecule has 1 aromatic heterocycles. The first kappa shape index (κ1) is 8.45. The van der Waals surface area contributed by atoms with Crippen LogP contribution in [0.3, 0.4) is 0 Å². The molecule has 2 rings (SSSR count). The minimum Gasteiger partial charge on any atom is -0.326 e. The van der Waals surface area contributed by atoms with Crippen molar-refractivity contribution in [3.63, 3.8) is 0 Å². The molecule has 0 aliphatic heterocycles. The molecular formula is C11H14N2. The minimum absolute atomic E-state index is 0.601. The lowest BCUT2D eigenvalue weighted by Gasteiger charge is -2.16. The number of fused-ring (bicyclic) bond motifs is 1. The van der Waals surface area contributed by atoms with E-state index in [1.54, 1.807) is 0 Å². The monoisotopic (exact) mass is 174 g/mol. The number of nitrogens with two attached hydrogens (primary N) is 1. The summed E-state index contributed by atoms with van der Waals surface area (Å²) < 4.78 is 0. The van der Waals surface area contributed by atoms with E-state index in [9.17, 15) is 0 Å². The average Bonchev–Trinajstić information content (AvgIpc) is 2.16. The van der Waals surface area contributed by atoms with Crippen molar-refractivity contribution in [3.8, 4) is 0 Å². The predicted octanol–water partition coefficient (Wildman–Crippen LogP) is 1.75. The van der Waals surface area contributed by atoms with Crippen molar-refractivity contribution >= 4 is 6.08 Å². The van der Waals surface area contributed by atoms with Gasteiger partial charge in [-0.2, -0.15) is 0 Å². The Balaban J connectivity index is 2.49. The summed E-state index contributed by atoms with van der Waals surface area (Å²) in [5.74, 6) is 0.605. The Morgan fingerprint density at radius 2 is 2.46 bits per heavy atom. The number of pyridine rings is 1. The highest BCUT2D eigenvalue weighted by atomic mass is 14.7. The van der Waals surface area contributed by atoms with Gasteiger partial charge in [0.15, 0.2) is 0 Å². The van der Waals surface area contributed by atoms with E-state index >= 15 is 0 Å². The lowest BCUT2D eigenvalue weighted by atomic mass is 9.92. The number of hydrogen-bond acceptors (Lipinski definition) is 2. The van der Waals surface area contributed by atoms with Gasteiger partial charge in [0.25, 0.3) is 0 Å². The molecule has 0 aromatic carbocycles. The van der Waals surface area contributed by atoms with Gasteiger partial charge in [-0.05, 0) is 24.0 Å². The molecule has 0 saturated carbocycles. The van der Waals surface area contributed by atoms with Gasteiger partial charge in [-0.25, -0.2) is 0 Å². The molecule has 68 valence electrons. The first-order valence-corrected chi connectivity index (χ1v) is 4.66. The summed E-state index contributed by atoms with van der Waals surface area (Å²) in [4.78, 5) is 4.37. The number of rotatable bonds is 1. The zero-order chi connectivity index (χ0) is 9.26. The highest BCUT2D eigenvalue weighted by Crippen LogP contribution is 2.23. The number of allylic oxidation sites excluding steroid dienone is 1. The standard InChI is InChI=1S/C11H14N2/c1-8-2-3-10-9(7-12)4-5-13-11(10)6-8/h2-5,8H,6-7,12H2,1H3/t8-/m1/s1. The van der Waals surface area contributed by atoms with E-state index in [4.69, 9.17) is 5.73 Å². The highest BCUT2D eigenvalue weighted by molar-refractivity contribution is 5.58. The minimum atomic E-state index is 0.601. The topological polar surface area (TPSA) is 38.9 Å². The number of hydrogen-bond donors (Lipinski definition) is 1. The van der Waals surface area contributed by atoms with Gasteiger partial charge in [-0.1, -0.05) is 19.1 Å². The summed E-state index contributed by atoms with van der Waals surface area (Å²) in [6, 6.07) is 2.00. The van der Waals surface area contributed by atoms with Crippen LogP contribution in [0.2, 0.25) is 0 Å². The van der Waals surface area contributed by atoms with Crippen LogP contribution in [-0.4, -0.2) is 4.98 Å². The van der Waals surface area contributed by atoms with Gasteiger partial charge in [0.1, 0.15) is 0 Å². The van der Waals surface area contributed by atoms with Crippen molar-refractivity contribution < 1.29 is 0 Å². The van der Waals surface area contributed by atoms with Crippen molar-refractivity contribution in [3.05, 3.63) is 35.2 Å². The molecule has 1 heterocycles. The van der Waals surface area contributed by atoms with Gasteiger partial charge in [-0.15, -0.1) is 0 Å². The molecule has 0 spiro atoms. The van der Waals surface area contributed by atoms with Crippen LogP contribution in [0.4, 0.5) is 0 Å². The third kappa shape index (κ3) is 1.49. The quantitative estimate of drug-likeness (QED) is 0.704. The summed E-state index contributed by atoms with van der Waals surface area (Å²) in [6.07, 6.45) is 7.27. The lowest BCUT2D eigenvalue weighted by Crippen LogP contribution is -2.09. The van der Waals surface area contributed by atoms with E-state index in [0.717, 1.165) is 6.42 Å². The first-order valence-electron chi connectivity index (χ1n) is 4.66. The fourth-order valence-electron chi connectivity index (χ4n) is 1.74. The summed E-state index contributed by atoms with van der Waals surface area (Å²) in [6.45, 7) is 2.81. The normalized spacial score (nSPS) is 20.0. The third-order valence-corrected chi connectivity index (χ3v) is 2.49. The molecule has 2 nitrogen and oxygen atoms in total. The molecule has 1 atom stereocenters. The first-order chi connectivity index (χ1) is 6.31. The van der Waals surface area contributed by atoms with E-state index in [1.165, 1.54) is 16.8 Å². The SMILES string of the molecule is C[C@@H]1C=Cc2c(CN)ccnc2C1. The number of nitrogens with zero attached hydrogens (tertiary/aromatic N) is 1. The van der Waals surface area contributed by atoms with E-state index in [2.05, 4.69) is 24.1 Å². The smallest absolute Gasteiger partial charge is 0.0484 e. The number of aromatic nitrogens is 1. The van der Waals surface area contributed by atoms with Crippen LogP contribution in [0.25, 0.3) is 6.08 Å². The van der Waals surface area contributed by atoms with Crippen LogP contribution in [0, 0.1) is 5.92 Å². The molecule has 0 unspecified atom stereocenters. The van der Waals surface area contributed by atoms with Crippen LogP contribution >= 0.6 is 0 Å². The van der Waals surface area contributed by atoms with Gasteiger partial charge < -0.3 is 5.73 Å². The van der Waals surface area contributed by atoms with Crippen LogP contribution in [0.15, 0.2) is 18.3 Å². The summed E-state index contributed by atoms with van der Waals surface area (Å²) >= 11 is 0. The van der Waals surface area contributed by atoms with E-state index in [1.807, 2.05) is 12.3 Å². The van der Waals surface area contributed by atoms with Crippen LogP contribution < -0.4 is 5.73 Å². The molecule has 0 bridgehead atoms. The van der Waals surface area contributed by atoms with Gasteiger partial charge in [0.05, 0.1) is 0 Å². The Kier molecular flexibility index (Phi) is 2.15. The van der Waals surface area contributed by atoms with E-state index < -0.39 is 0 Å². The molecule has 1 aromatic rings. The zero-order valence-corrected chi connectivity index (χ0v) is 7.83. The third-order valence-electron chi connectivity index (χ3n) is 2.49. The van der Waals surface area contributed by atoms with Crippen molar-refractivity contribution in [2.24, 2.45) is 11.7 Å². The Morgan fingerprint density at radius 1 is 1.62 bits per heavy atom. The largest absolute Gasteiger partial charge is 0.326 e. The van der Waals surface area contributed by atoms with Crippen molar-refractivity contribution in [2.45, 2.75) is 19.9 Å². The lowest BCUT2D eigenvalue weighted by molar-refractivity contribution is 0.697. The second kappa shape index (κ2) is 3.30. The second-order valence-electron chi connectivity index (χ2n) is 3.58. The molecule has 2 N–H and O–H groups in total. The molecule has 1 aliphatic rings. The summed E-state index contributed by atoms with van der Waals surface area (Å²) in [7, 11) is 0. The molecule has 0 saturated heterocycles. The molecule has 0 amide bonds. The Labute approximate surface area is 78.5 Å². The molecule has 2 heteroatoms. The van der Waals surface area contributed by atoms with Gasteiger partial charge in [-0.3, -0.25) is 4.98 Å². The molecule has 1 aliphatic carbocycles. The van der Waals surface area contributed by atoms with Gasteiger partial charge >= 0.3 is 0 Å². The highest BCUT2D eigenvalue weighted by Gasteiger charge is 2.12. The van der Waals surface area contributed by atoms with Crippen LogP contribution in [-0.2, 0) is 13.0 Å². The van der Waals surface area contributed by atoms with Gasteiger partial charge in [0.2, 0.25) is 0 Å². The Hall–Kier alpha value is -1.15.